The molecule has 180 valence electrons. The van der Waals surface area contributed by atoms with Crippen molar-refractivity contribution in [1.29, 1.82) is 0 Å². The summed E-state index contributed by atoms with van der Waals surface area (Å²) in [5.41, 5.74) is -1.15. The Balaban J connectivity index is 1.60. The fraction of sp³-hybridized carbons (Fsp3) is 0.304. The van der Waals surface area contributed by atoms with Gasteiger partial charge in [-0.25, -0.2) is 13.2 Å². The molecule has 0 amide bonds. The number of ether oxygens (including phenoxy) is 1. The summed E-state index contributed by atoms with van der Waals surface area (Å²) in [5, 5.41) is -0.230. The summed E-state index contributed by atoms with van der Waals surface area (Å²) in [6.45, 7) is 0.207. The van der Waals surface area contributed by atoms with E-state index in [0.717, 1.165) is 4.31 Å². The number of carbonyl (C=O) groups is 1. The summed E-state index contributed by atoms with van der Waals surface area (Å²) in [4.78, 5) is 23.4. The molecule has 1 fully saturated rings. The molecule has 1 aromatic heterocycles. The van der Waals surface area contributed by atoms with Gasteiger partial charge < -0.3 is 9.15 Å². The van der Waals surface area contributed by atoms with Crippen LogP contribution in [0.3, 0.4) is 0 Å². The Morgan fingerprint density at radius 2 is 1.79 bits per heavy atom. The third-order valence-electron chi connectivity index (χ3n) is 5.73. The maximum Gasteiger partial charge on any atom is 0.417 e. The second-order valence-electron chi connectivity index (χ2n) is 7.93. The normalized spacial score (nSPS) is 17.2. The highest BCUT2D eigenvalue weighted by molar-refractivity contribution is 7.89. The highest BCUT2D eigenvalue weighted by atomic mass is 32.2. The molecule has 1 saturated heterocycles. The van der Waals surface area contributed by atoms with E-state index in [4.69, 9.17) is 9.15 Å². The van der Waals surface area contributed by atoms with Gasteiger partial charge in [-0.3, -0.25) is 4.79 Å². The number of sulfonamides is 1. The van der Waals surface area contributed by atoms with Crippen molar-refractivity contribution in [3.8, 4) is 0 Å². The third-order valence-corrected chi connectivity index (χ3v) is 7.65. The lowest BCUT2D eigenvalue weighted by molar-refractivity contribution is -0.144. The maximum atomic E-state index is 13.4. The number of carbonyl (C=O) groups excluding carboxylic acids is 1. The Morgan fingerprint density at radius 3 is 2.44 bits per heavy atom. The lowest BCUT2D eigenvalue weighted by Gasteiger charge is -2.22. The van der Waals surface area contributed by atoms with E-state index in [1.807, 2.05) is 0 Å². The fourth-order valence-corrected chi connectivity index (χ4v) is 5.75. The SMILES string of the molecule is COC(=O)C1CCCN1S(=O)(=O)c1ccc(Cc2ccc3oc(=O)cc(C(F)(F)F)c3c2)cc1. The maximum absolute atomic E-state index is 13.4. The molecule has 0 N–H and O–H groups in total. The van der Waals surface area contributed by atoms with E-state index in [0.29, 0.717) is 30.0 Å². The highest BCUT2D eigenvalue weighted by Gasteiger charge is 2.40. The number of benzene rings is 2. The molecule has 7 nitrogen and oxygen atoms in total. The first-order valence-corrected chi connectivity index (χ1v) is 11.8. The minimum Gasteiger partial charge on any atom is -0.468 e. The number of alkyl halides is 3. The molecule has 0 radical (unpaired) electrons. The molecule has 11 heteroatoms. The average molecular weight is 495 g/mol. The second-order valence-corrected chi connectivity index (χ2v) is 9.82. The van der Waals surface area contributed by atoms with Crippen LogP contribution >= 0.6 is 0 Å². The predicted molar refractivity (Wildman–Crippen MR) is 116 cm³/mol. The van der Waals surface area contributed by atoms with Crippen LogP contribution in [0.2, 0.25) is 0 Å². The van der Waals surface area contributed by atoms with E-state index in [2.05, 4.69) is 0 Å². The van der Waals surface area contributed by atoms with Gasteiger partial charge in [0.1, 0.15) is 11.6 Å². The van der Waals surface area contributed by atoms with Crippen LogP contribution in [0.5, 0.6) is 0 Å². The lowest BCUT2D eigenvalue weighted by atomic mass is 10.0. The van der Waals surface area contributed by atoms with E-state index in [-0.39, 0.29) is 28.8 Å². The minimum atomic E-state index is -4.72. The monoisotopic (exact) mass is 495 g/mol. The molecule has 34 heavy (non-hydrogen) atoms. The van der Waals surface area contributed by atoms with E-state index in [1.54, 1.807) is 18.2 Å². The smallest absolute Gasteiger partial charge is 0.417 e. The molecule has 1 unspecified atom stereocenters. The van der Waals surface area contributed by atoms with Gasteiger partial charge in [0.05, 0.1) is 17.6 Å². The Bertz CT molecular complexity index is 1400. The summed E-state index contributed by atoms with van der Waals surface area (Å²) < 4.78 is 76.9. The third kappa shape index (κ3) is 4.58. The summed E-state index contributed by atoms with van der Waals surface area (Å²) in [5.74, 6) is -0.608. The standard InChI is InChI=1S/C23H20F3NO6S/c1-32-22(29)19-3-2-10-27(19)34(30,31)16-7-4-14(5-8-16)11-15-6-9-20-17(12-15)18(23(24,25)26)13-21(28)33-20/h4-9,12-13,19H,2-3,10-11H2,1H3. The summed E-state index contributed by atoms with van der Waals surface area (Å²) in [6, 6.07) is 9.64. The predicted octanol–water partition coefficient (Wildman–Crippen LogP) is 3.73. The molecule has 0 spiro atoms. The van der Waals surface area contributed by atoms with Crippen LogP contribution in [0.1, 0.15) is 29.5 Å². The van der Waals surface area contributed by atoms with Crippen molar-refractivity contribution in [2.24, 2.45) is 0 Å². The van der Waals surface area contributed by atoms with Gasteiger partial charge >= 0.3 is 17.8 Å². The summed E-state index contributed by atoms with van der Waals surface area (Å²) >= 11 is 0. The number of methoxy groups -OCH3 is 1. The van der Waals surface area contributed by atoms with Crippen LogP contribution in [0, 0.1) is 0 Å². The Hall–Kier alpha value is -3.18. The van der Waals surface area contributed by atoms with Crippen molar-refractivity contribution in [2.75, 3.05) is 13.7 Å². The molecule has 2 aromatic carbocycles. The van der Waals surface area contributed by atoms with Crippen molar-refractivity contribution in [2.45, 2.75) is 36.4 Å². The van der Waals surface area contributed by atoms with Crippen molar-refractivity contribution >= 4 is 27.0 Å². The second kappa shape index (κ2) is 8.88. The lowest BCUT2D eigenvalue weighted by Crippen LogP contribution is -2.41. The van der Waals surface area contributed by atoms with Crippen LogP contribution in [0.25, 0.3) is 11.0 Å². The Morgan fingerprint density at radius 1 is 1.12 bits per heavy atom. The number of esters is 1. The van der Waals surface area contributed by atoms with Crippen molar-refractivity contribution in [1.82, 2.24) is 4.31 Å². The molecule has 3 aromatic rings. The molecule has 0 aliphatic carbocycles. The molecule has 1 aliphatic rings. The minimum absolute atomic E-state index is 0.00620. The topological polar surface area (TPSA) is 93.9 Å². The van der Waals surface area contributed by atoms with E-state index < -0.39 is 39.4 Å². The quantitative estimate of drug-likeness (QED) is 0.396. The first-order valence-electron chi connectivity index (χ1n) is 10.3. The van der Waals surface area contributed by atoms with Gasteiger partial charge in [-0.15, -0.1) is 0 Å². The van der Waals surface area contributed by atoms with Crippen LogP contribution in [-0.2, 0) is 32.2 Å². The van der Waals surface area contributed by atoms with Gasteiger partial charge in [-0.2, -0.15) is 17.5 Å². The van der Waals surface area contributed by atoms with E-state index >= 15 is 0 Å². The van der Waals surface area contributed by atoms with Crippen LogP contribution < -0.4 is 5.63 Å². The molecular formula is C23H20F3NO6S. The van der Waals surface area contributed by atoms with Gasteiger partial charge in [0, 0.05) is 18.0 Å². The molecular weight excluding hydrogens is 475 g/mol. The van der Waals surface area contributed by atoms with Crippen molar-refractivity contribution < 1.29 is 35.5 Å². The highest BCUT2D eigenvalue weighted by Crippen LogP contribution is 2.34. The van der Waals surface area contributed by atoms with E-state index in [9.17, 15) is 31.2 Å². The van der Waals surface area contributed by atoms with Crippen LogP contribution in [0.15, 0.2) is 62.6 Å². The molecule has 0 saturated carbocycles. The van der Waals surface area contributed by atoms with Gasteiger partial charge in [0.15, 0.2) is 0 Å². The van der Waals surface area contributed by atoms with Crippen LogP contribution in [0.4, 0.5) is 13.2 Å². The number of hydrogen-bond donors (Lipinski definition) is 0. The van der Waals surface area contributed by atoms with E-state index in [1.165, 1.54) is 31.4 Å². The number of fused-ring (bicyclic) bond motifs is 1. The zero-order valence-corrected chi connectivity index (χ0v) is 18.8. The van der Waals surface area contributed by atoms with Gasteiger partial charge in [0.2, 0.25) is 10.0 Å². The first kappa shape index (κ1) is 24.0. The number of nitrogens with zero attached hydrogens (tertiary/aromatic N) is 1. The fourth-order valence-electron chi connectivity index (χ4n) is 4.10. The zero-order chi connectivity index (χ0) is 24.7. The molecule has 1 aliphatic heterocycles. The first-order chi connectivity index (χ1) is 16.0. The summed E-state index contributed by atoms with van der Waals surface area (Å²) in [7, 11) is -2.72. The summed E-state index contributed by atoms with van der Waals surface area (Å²) in [6.07, 6.45) is -3.58. The molecule has 4 rings (SSSR count). The number of halogens is 3. The number of rotatable bonds is 5. The van der Waals surface area contributed by atoms with Crippen molar-refractivity contribution in [3.05, 3.63) is 75.6 Å². The van der Waals surface area contributed by atoms with Crippen LogP contribution in [-0.4, -0.2) is 38.4 Å². The van der Waals surface area contributed by atoms with Gasteiger partial charge in [-0.05, 0) is 54.7 Å². The van der Waals surface area contributed by atoms with Gasteiger partial charge in [-0.1, -0.05) is 18.2 Å². The van der Waals surface area contributed by atoms with Crippen molar-refractivity contribution in [3.63, 3.8) is 0 Å². The largest absolute Gasteiger partial charge is 0.468 e. The molecule has 1 atom stereocenters. The van der Waals surface area contributed by atoms with Gasteiger partial charge in [0.25, 0.3) is 0 Å². The Labute approximate surface area is 192 Å². The molecule has 2 heterocycles. The molecule has 0 bridgehead atoms. The average Bonchev–Trinajstić information content (AvgIpc) is 3.29. The number of hydrogen-bond acceptors (Lipinski definition) is 6. The Kier molecular flexibility index (Phi) is 6.26. The zero-order valence-electron chi connectivity index (χ0n) is 18.0.